The summed E-state index contributed by atoms with van der Waals surface area (Å²) < 4.78 is 1.92. The largest absolute Gasteiger partial charge is 0.358 e. The van der Waals surface area contributed by atoms with Gasteiger partial charge in [0.05, 0.1) is 6.54 Å². The molecule has 1 aromatic carbocycles. The van der Waals surface area contributed by atoms with Gasteiger partial charge < -0.3 is 20.1 Å². The third-order valence-electron chi connectivity index (χ3n) is 6.28. The zero-order chi connectivity index (χ0) is 22.5. The van der Waals surface area contributed by atoms with Crippen LogP contribution in [0.2, 0.25) is 5.02 Å². The minimum atomic E-state index is -0.423. The summed E-state index contributed by atoms with van der Waals surface area (Å²) in [6.45, 7) is 3.97. The Bertz CT molecular complexity index is 1020. The highest BCUT2D eigenvalue weighted by Gasteiger charge is 2.23. The van der Waals surface area contributed by atoms with Gasteiger partial charge in [-0.1, -0.05) is 36.6 Å². The van der Waals surface area contributed by atoms with Crippen LogP contribution in [-0.2, 0) is 11.3 Å². The number of halogens is 1. The second-order valence-electron chi connectivity index (χ2n) is 8.61. The molecule has 0 radical (unpaired) electrons. The molecule has 1 unspecified atom stereocenters. The summed E-state index contributed by atoms with van der Waals surface area (Å²) in [6, 6.07) is 11.4. The lowest BCUT2D eigenvalue weighted by atomic mass is 10.1. The Morgan fingerprint density at radius 1 is 1.09 bits per heavy atom. The Kier molecular flexibility index (Phi) is 7.27. The molecule has 2 aliphatic rings. The second kappa shape index (κ2) is 10.3. The monoisotopic (exact) mass is 454 g/mol. The van der Waals surface area contributed by atoms with E-state index in [0.717, 1.165) is 56.8 Å². The maximum atomic E-state index is 12.7. The van der Waals surface area contributed by atoms with E-state index in [0.29, 0.717) is 17.1 Å². The topological polar surface area (TPSA) is 97.0 Å². The average molecular weight is 455 g/mol. The van der Waals surface area contributed by atoms with Gasteiger partial charge in [-0.3, -0.25) is 15.6 Å². The van der Waals surface area contributed by atoms with Crippen molar-refractivity contribution in [3.8, 4) is 0 Å². The Morgan fingerprint density at radius 2 is 1.81 bits per heavy atom. The molecule has 32 heavy (non-hydrogen) atoms. The number of amides is 1. The highest BCUT2D eigenvalue weighted by molar-refractivity contribution is 6.44. The standard InChI is InChI=1S/C24H31ClN6O/c25-18-7-5-17(6-8-18)16-31-21(30-13-3-1-2-4-14-30)10-9-20(23(31)27)22(26)24(32)29-19-11-12-28-15-19/h5-10,19,26-28H,1-4,11-16H2,(H,29,32). The first-order valence-corrected chi connectivity index (χ1v) is 11.8. The average Bonchev–Trinajstić information content (AvgIpc) is 3.15. The first-order chi connectivity index (χ1) is 15.5. The number of rotatable bonds is 6. The summed E-state index contributed by atoms with van der Waals surface area (Å²) >= 11 is 6.06. The number of hydrogen-bond acceptors (Lipinski definition) is 5. The van der Waals surface area contributed by atoms with Gasteiger partial charge >= 0.3 is 0 Å². The minimum absolute atomic E-state index is 0.0367. The van der Waals surface area contributed by atoms with E-state index in [1.54, 1.807) is 6.07 Å². The molecule has 170 valence electrons. The number of nitrogens with zero attached hydrogens (tertiary/aromatic N) is 2. The van der Waals surface area contributed by atoms with Gasteiger partial charge in [-0.2, -0.15) is 0 Å². The van der Waals surface area contributed by atoms with Crippen LogP contribution in [0.4, 0.5) is 5.82 Å². The molecule has 4 N–H and O–H groups in total. The van der Waals surface area contributed by atoms with Gasteiger partial charge in [0, 0.05) is 36.3 Å². The van der Waals surface area contributed by atoms with Gasteiger partial charge in [0.1, 0.15) is 17.0 Å². The van der Waals surface area contributed by atoms with Gasteiger partial charge in [0.2, 0.25) is 0 Å². The van der Waals surface area contributed by atoms with E-state index in [9.17, 15) is 4.79 Å². The molecule has 1 amide bonds. The van der Waals surface area contributed by atoms with Crippen molar-refractivity contribution < 1.29 is 4.79 Å². The normalized spacial score (nSPS) is 18.9. The molecule has 0 bridgehead atoms. The summed E-state index contributed by atoms with van der Waals surface area (Å²) in [5.41, 5.74) is 1.40. The van der Waals surface area contributed by atoms with Crippen LogP contribution < -0.4 is 21.0 Å². The van der Waals surface area contributed by atoms with Crippen LogP contribution >= 0.6 is 11.6 Å². The molecule has 2 aliphatic heterocycles. The molecular formula is C24H31ClN6O. The predicted octanol–water partition coefficient (Wildman–Crippen LogP) is 2.90. The molecule has 0 saturated carbocycles. The van der Waals surface area contributed by atoms with E-state index in [2.05, 4.69) is 15.5 Å². The summed E-state index contributed by atoms with van der Waals surface area (Å²) in [7, 11) is 0. The van der Waals surface area contributed by atoms with Crippen molar-refractivity contribution in [3.63, 3.8) is 0 Å². The Hall–Kier alpha value is -2.64. The van der Waals surface area contributed by atoms with Crippen LogP contribution in [-0.4, -0.2) is 48.4 Å². The van der Waals surface area contributed by atoms with Crippen molar-refractivity contribution in [1.29, 1.82) is 10.8 Å². The SMILES string of the molecule is N=C(C(=O)NC1CCNC1)c1ccc(N2CCCCCC2)n(Cc2ccc(Cl)cc2)c1=N. The zero-order valence-electron chi connectivity index (χ0n) is 18.3. The summed E-state index contributed by atoms with van der Waals surface area (Å²) in [6.07, 6.45) is 5.56. The molecule has 1 atom stereocenters. The van der Waals surface area contributed by atoms with Crippen LogP contribution in [0.5, 0.6) is 0 Å². The van der Waals surface area contributed by atoms with Gasteiger partial charge in [0.15, 0.2) is 0 Å². The van der Waals surface area contributed by atoms with Crippen LogP contribution in [0, 0.1) is 10.8 Å². The molecule has 0 spiro atoms. The lowest BCUT2D eigenvalue weighted by Gasteiger charge is -2.27. The van der Waals surface area contributed by atoms with Gasteiger partial charge in [0.25, 0.3) is 5.91 Å². The van der Waals surface area contributed by atoms with Crippen LogP contribution in [0.15, 0.2) is 36.4 Å². The number of hydrogen-bond donors (Lipinski definition) is 4. The van der Waals surface area contributed by atoms with E-state index in [-0.39, 0.29) is 17.2 Å². The predicted molar refractivity (Wildman–Crippen MR) is 128 cm³/mol. The second-order valence-corrected chi connectivity index (χ2v) is 9.04. The maximum Gasteiger partial charge on any atom is 0.270 e. The number of carbonyl (C=O) groups is 1. The summed E-state index contributed by atoms with van der Waals surface area (Å²) in [5, 5.41) is 24.2. The Labute approximate surface area is 193 Å². The molecule has 4 rings (SSSR count). The number of carbonyl (C=O) groups excluding carboxylic acids is 1. The zero-order valence-corrected chi connectivity index (χ0v) is 19.0. The minimum Gasteiger partial charge on any atom is -0.358 e. The molecular weight excluding hydrogens is 424 g/mol. The van der Waals surface area contributed by atoms with Gasteiger partial charge in [-0.05, 0) is 55.6 Å². The van der Waals surface area contributed by atoms with E-state index in [1.807, 2.05) is 34.9 Å². The maximum absolute atomic E-state index is 12.7. The molecule has 2 saturated heterocycles. The molecule has 2 aromatic rings. The van der Waals surface area contributed by atoms with Crippen molar-refractivity contribution >= 4 is 29.0 Å². The lowest BCUT2D eigenvalue weighted by Crippen LogP contribution is -2.43. The van der Waals surface area contributed by atoms with E-state index < -0.39 is 5.91 Å². The van der Waals surface area contributed by atoms with E-state index in [4.69, 9.17) is 22.4 Å². The van der Waals surface area contributed by atoms with Crippen molar-refractivity contribution in [2.45, 2.75) is 44.7 Å². The fourth-order valence-corrected chi connectivity index (χ4v) is 4.58. The van der Waals surface area contributed by atoms with Crippen molar-refractivity contribution in [1.82, 2.24) is 15.2 Å². The van der Waals surface area contributed by atoms with Crippen LogP contribution in [0.25, 0.3) is 0 Å². The summed E-state index contributed by atoms with van der Waals surface area (Å²) in [4.78, 5) is 15.0. The Balaban J connectivity index is 1.67. The third-order valence-corrected chi connectivity index (χ3v) is 6.53. The van der Waals surface area contributed by atoms with E-state index >= 15 is 0 Å². The fourth-order valence-electron chi connectivity index (χ4n) is 4.45. The molecule has 3 heterocycles. The fraction of sp³-hybridized carbons (Fsp3) is 0.458. The highest BCUT2D eigenvalue weighted by Crippen LogP contribution is 2.21. The van der Waals surface area contributed by atoms with Crippen LogP contribution in [0.1, 0.15) is 43.2 Å². The first kappa shape index (κ1) is 22.6. The number of anilines is 1. The smallest absolute Gasteiger partial charge is 0.270 e. The van der Waals surface area contributed by atoms with Gasteiger partial charge in [-0.25, -0.2) is 0 Å². The summed E-state index contributed by atoms with van der Waals surface area (Å²) in [5.74, 6) is 0.538. The Morgan fingerprint density at radius 3 is 2.47 bits per heavy atom. The van der Waals surface area contributed by atoms with Crippen molar-refractivity contribution in [2.75, 3.05) is 31.1 Å². The quantitative estimate of drug-likeness (QED) is 0.505. The molecule has 7 nitrogen and oxygen atoms in total. The van der Waals surface area contributed by atoms with Crippen LogP contribution in [0.3, 0.4) is 0 Å². The van der Waals surface area contributed by atoms with Crippen molar-refractivity contribution in [2.24, 2.45) is 0 Å². The van der Waals surface area contributed by atoms with Crippen molar-refractivity contribution in [3.05, 3.63) is 58.0 Å². The molecule has 0 aliphatic carbocycles. The lowest BCUT2D eigenvalue weighted by molar-refractivity contribution is -0.115. The number of nitrogens with one attached hydrogen (secondary N) is 4. The molecule has 2 fully saturated rings. The van der Waals surface area contributed by atoms with Gasteiger partial charge in [-0.15, -0.1) is 0 Å². The third kappa shape index (κ3) is 5.22. The molecule has 1 aromatic heterocycles. The highest BCUT2D eigenvalue weighted by atomic mass is 35.5. The molecule has 8 heteroatoms. The first-order valence-electron chi connectivity index (χ1n) is 11.4. The number of benzene rings is 1. The number of pyridine rings is 1. The number of aromatic nitrogens is 1. The van der Waals surface area contributed by atoms with E-state index in [1.165, 1.54) is 12.8 Å².